The number of sulfonamides is 1. The molecule has 0 N–H and O–H groups in total. The van der Waals surface area contributed by atoms with E-state index < -0.39 is 19.8 Å². The van der Waals surface area contributed by atoms with Gasteiger partial charge in [-0.3, -0.25) is 0 Å². The summed E-state index contributed by atoms with van der Waals surface area (Å²) in [5.74, 6) is 0.570. The first kappa shape index (κ1) is 19.1. The first-order valence-corrected chi connectivity index (χ1v) is 12.7. The van der Waals surface area contributed by atoms with E-state index in [0.29, 0.717) is 15.6 Å². The molecule has 26 heavy (non-hydrogen) atoms. The van der Waals surface area contributed by atoms with Gasteiger partial charge >= 0.3 is 0 Å². The molecule has 0 fully saturated rings. The Morgan fingerprint density at radius 2 is 1.77 bits per heavy atom. The van der Waals surface area contributed by atoms with Crippen LogP contribution in [0.2, 0.25) is 0 Å². The Morgan fingerprint density at radius 3 is 2.38 bits per heavy atom. The topological polar surface area (TPSA) is 94.3 Å². The van der Waals surface area contributed by atoms with Gasteiger partial charge in [-0.1, -0.05) is 30.0 Å². The van der Waals surface area contributed by atoms with Crippen molar-refractivity contribution in [3.63, 3.8) is 0 Å². The predicted octanol–water partition coefficient (Wildman–Crippen LogP) is 3.11. The lowest BCUT2D eigenvalue weighted by Crippen LogP contribution is -2.03. The maximum absolute atomic E-state index is 12.8. The van der Waals surface area contributed by atoms with Crippen molar-refractivity contribution >= 4 is 42.9 Å². The Morgan fingerprint density at radius 1 is 1.08 bits per heavy atom. The van der Waals surface area contributed by atoms with Crippen LogP contribution in [0.15, 0.2) is 60.5 Å². The Hall–Kier alpha value is -1.69. The van der Waals surface area contributed by atoms with E-state index in [1.54, 1.807) is 41.0 Å². The predicted molar refractivity (Wildman–Crippen MR) is 104 cm³/mol. The third-order valence-electron chi connectivity index (χ3n) is 3.49. The molecule has 0 spiro atoms. The highest BCUT2D eigenvalue weighted by atomic mass is 32.3. The van der Waals surface area contributed by atoms with Gasteiger partial charge in [0, 0.05) is 18.2 Å². The molecule has 0 bridgehead atoms. The van der Waals surface area contributed by atoms with Crippen molar-refractivity contribution in [2.75, 3.05) is 12.5 Å². The zero-order chi connectivity index (χ0) is 18.9. The Kier molecular flexibility index (Phi) is 5.24. The zero-order valence-electron chi connectivity index (χ0n) is 14.2. The molecule has 7 nitrogen and oxygen atoms in total. The third-order valence-corrected chi connectivity index (χ3v) is 9.69. The lowest BCUT2D eigenvalue weighted by Gasteiger charge is -2.03. The Balaban J connectivity index is 2.02. The minimum atomic E-state index is -4.06. The highest BCUT2D eigenvalue weighted by molar-refractivity contribution is 8.03. The summed E-state index contributed by atoms with van der Waals surface area (Å²) in [5.41, 5.74) is 0. The molecule has 11 heteroatoms. The molecule has 2 aromatic heterocycles. The van der Waals surface area contributed by atoms with E-state index in [0.717, 1.165) is 16.5 Å². The van der Waals surface area contributed by atoms with Gasteiger partial charge in [0.15, 0.2) is 11.0 Å². The van der Waals surface area contributed by atoms with Crippen LogP contribution in [0.3, 0.4) is 0 Å². The number of aromatic nitrogens is 3. The van der Waals surface area contributed by atoms with Crippen molar-refractivity contribution in [1.82, 2.24) is 14.8 Å². The van der Waals surface area contributed by atoms with Crippen LogP contribution in [0, 0.1) is 0 Å². The van der Waals surface area contributed by atoms with Crippen LogP contribution in [-0.2, 0) is 26.8 Å². The van der Waals surface area contributed by atoms with E-state index in [2.05, 4.69) is 14.0 Å². The zero-order valence-corrected chi connectivity index (χ0v) is 17.5. The van der Waals surface area contributed by atoms with Crippen LogP contribution >= 0.6 is 23.1 Å². The molecule has 2 heterocycles. The van der Waals surface area contributed by atoms with Gasteiger partial charge in [0.05, 0.1) is 14.6 Å². The molecule has 138 valence electrons. The Labute approximate surface area is 160 Å². The van der Waals surface area contributed by atoms with Crippen molar-refractivity contribution in [3.05, 3.63) is 42.5 Å². The fourth-order valence-electron chi connectivity index (χ4n) is 2.23. The molecule has 0 aliphatic carbocycles. The average molecular weight is 429 g/mol. The van der Waals surface area contributed by atoms with Gasteiger partial charge in [-0.15, -0.1) is 25.3 Å². The quantitative estimate of drug-likeness (QED) is 0.580. The van der Waals surface area contributed by atoms with Crippen LogP contribution in [-0.4, -0.2) is 39.9 Å². The number of rotatable bonds is 5. The summed E-state index contributed by atoms with van der Waals surface area (Å²) in [6.45, 7) is 0. The molecule has 3 aromatic rings. The smallest absolute Gasteiger partial charge is 0.299 e. The highest BCUT2D eigenvalue weighted by Gasteiger charge is 2.21. The summed E-state index contributed by atoms with van der Waals surface area (Å²) in [4.78, 5) is 1.02. The fraction of sp³-hybridized carbons (Fsp3) is 0.200. The molecule has 0 aliphatic rings. The lowest BCUT2D eigenvalue weighted by atomic mass is 10.4. The number of hydrogen-bond donors (Lipinski definition) is 0. The largest absolute Gasteiger partial charge is 0.305 e. The molecular weight excluding hydrogens is 412 g/mol. The van der Waals surface area contributed by atoms with Gasteiger partial charge in [0.1, 0.15) is 4.21 Å². The SMILES string of the molecule is CSc1nnc(-c2ccc(S(=O)(=O)N=[S@@](C)(=O)c3ccccc3)s2)n1C. The summed E-state index contributed by atoms with van der Waals surface area (Å²) >= 11 is 2.47. The minimum absolute atomic E-state index is 0.0201. The van der Waals surface area contributed by atoms with E-state index >= 15 is 0 Å². The number of thioether (sulfide) groups is 1. The maximum Gasteiger partial charge on any atom is 0.299 e. The van der Waals surface area contributed by atoms with Gasteiger partial charge in [-0.05, 0) is 30.5 Å². The average Bonchev–Trinajstić information content (AvgIpc) is 3.21. The van der Waals surface area contributed by atoms with Crippen LogP contribution in [0.5, 0.6) is 0 Å². The molecule has 0 saturated heterocycles. The molecule has 1 atom stereocenters. The second kappa shape index (κ2) is 7.14. The number of thiophene rings is 1. The van der Waals surface area contributed by atoms with E-state index in [-0.39, 0.29) is 4.21 Å². The highest BCUT2D eigenvalue weighted by Crippen LogP contribution is 2.32. The van der Waals surface area contributed by atoms with E-state index in [4.69, 9.17) is 0 Å². The van der Waals surface area contributed by atoms with Crippen LogP contribution in [0.25, 0.3) is 10.7 Å². The summed E-state index contributed by atoms with van der Waals surface area (Å²) < 4.78 is 43.5. The number of hydrogen-bond acceptors (Lipinski definition) is 7. The van der Waals surface area contributed by atoms with Crippen molar-refractivity contribution in [2.45, 2.75) is 14.3 Å². The third kappa shape index (κ3) is 3.70. The van der Waals surface area contributed by atoms with Gasteiger partial charge in [-0.25, -0.2) is 4.21 Å². The van der Waals surface area contributed by atoms with Gasteiger partial charge in [0.2, 0.25) is 0 Å². The number of nitrogens with zero attached hydrogens (tertiary/aromatic N) is 4. The Bertz CT molecular complexity index is 1160. The second-order valence-corrected chi connectivity index (χ2v) is 11.5. The summed E-state index contributed by atoms with van der Waals surface area (Å²) in [7, 11) is -5.32. The molecule has 0 unspecified atom stereocenters. The normalized spacial score (nSPS) is 14.1. The fourth-order valence-corrected chi connectivity index (χ4v) is 7.47. The van der Waals surface area contributed by atoms with Crippen molar-refractivity contribution in [1.29, 1.82) is 0 Å². The first-order chi connectivity index (χ1) is 12.2. The molecular formula is C15H16N4O3S4. The van der Waals surface area contributed by atoms with Crippen LogP contribution < -0.4 is 0 Å². The monoisotopic (exact) mass is 428 g/mol. The van der Waals surface area contributed by atoms with Crippen molar-refractivity contribution in [3.8, 4) is 10.7 Å². The molecule has 0 saturated carbocycles. The maximum atomic E-state index is 12.8. The summed E-state index contributed by atoms with van der Waals surface area (Å²) in [6.07, 6.45) is 3.21. The van der Waals surface area contributed by atoms with Crippen molar-refractivity contribution in [2.24, 2.45) is 10.8 Å². The number of benzene rings is 1. The minimum Gasteiger partial charge on any atom is -0.305 e. The summed E-state index contributed by atoms with van der Waals surface area (Å²) in [5, 5.41) is 8.87. The molecule has 1 aromatic carbocycles. The standard InChI is InChI=1S/C15H16N4O3S4/c1-19-14(16-17-15(19)23-2)12-9-10-13(24-12)26(21,22)18-25(3,20)11-7-5-4-6-8-11/h4-10H,1-3H3/t25-/m0/s1. The van der Waals surface area contributed by atoms with Gasteiger partial charge in [-0.2, -0.15) is 8.42 Å². The molecule has 0 amide bonds. The first-order valence-electron chi connectivity index (χ1n) is 7.32. The van der Waals surface area contributed by atoms with E-state index in [1.165, 1.54) is 24.1 Å². The summed E-state index contributed by atoms with van der Waals surface area (Å²) in [6, 6.07) is 11.5. The van der Waals surface area contributed by atoms with E-state index in [1.807, 2.05) is 13.3 Å². The molecule has 3 rings (SSSR count). The molecule has 0 aliphatic heterocycles. The van der Waals surface area contributed by atoms with E-state index in [9.17, 15) is 12.6 Å². The van der Waals surface area contributed by atoms with Crippen LogP contribution in [0.1, 0.15) is 0 Å². The lowest BCUT2D eigenvalue weighted by molar-refractivity contribution is 0.600. The molecule has 0 radical (unpaired) electrons. The van der Waals surface area contributed by atoms with Crippen LogP contribution in [0.4, 0.5) is 0 Å². The van der Waals surface area contributed by atoms with Gasteiger partial charge < -0.3 is 4.57 Å². The van der Waals surface area contributed by atoms with Gasteiger partial charge in [0.25, 0.3) is 10.0 Å². The second-order valence-electron chi connectivity index (χ2n) is 5.35. The van der Waals surface area contributed by atoms with Crippen molar-refractivity contribution < 1.29 is 12.6 Å².